The van der Waals surface area contributed by atoms with Crippen molar-refractivity contribution in [3.63, 3.8) is 0 Å². The van der Waals surface area contributed by atoms with Crippen molar-refractivity contribution in [1.29, 1.82) is 0 Å². The minimum absolute atomic E-state index is 0.524. The first-order valence-electron chi connectivity index (χ1n) is 6.85. The summed E-state index contributed by atoms with van der Waals surface area (Å²) in [6, 6.07) is 0. The molecule has 0 aromatic heterocycles. The average Bonchev–Trinajstić information content (AvgIpc) is 2.78. The van der Waals surface area contributed by atoms with Crippen molar-refractivity contribution in [2.24, 2.45) is 5.73 Å². The number of aliphatic carboxylic acids is 1. The number of carboxylic acid groups (broad SMARTS) is 1. The maximum atomic E-state index is 10.9. The third-order valence-electron chi connectivity index (χ3n) is 3.72. The summed E-state index contributed by atoms with van der Waals surface area (Å²) in [5, 5.41) is 8.91. The van der Waals surface area contributed by atoms with Crippen LogP contribution >= 0.6 is 0 Å². The highest BCUT2D eigenvalue weighted by atomic mass is 16.4. The molecular weight excluding hydrogens is 230 g/mol. The maximum Gasteiger partial charge on any atom is 0.323 e. The molecule has 1 heterocycles. The molecule has 1 unspecified atom stereocenters. The Hall–Kier alpha value is -0.650. The minimum atomic E-state index is -1.09. The van der Waals surface area contributed by atoms with E-state index in [0.717, 1.165) is 26.1 Å². The number of hydrogen-bond acceptors (Lipinski definition) is 4. The van der Waals surface area contributed by atoms with Gasteiger partial charge in [-0.3, -0.25) is 4.79 Å². The molecule has 1 rings (SSSR count). The number of likely N-dealkylation sites (N-methyl/N-ethyl adjacent to an activating group) is 1. The highest BCUT2D eigenvalue weighted by molar-refractivity contribution is 5.77. The molecule has 0 aliphatic carbocycles. The van der Waals surface area contributed by atoms with Crippen molar-refractivity contribution in [3.8, 4) is 0 Å². The molecule has 0 radical (unpaired) electrons. The van der Waals surface area contributed by atoms with E-state index in [4.69, 9.17) is 10.8 Å². The molecular formula is C13H27N3O2. The van der Waals surface area contributed by atoms with E-state index in [1.165, 1.54) is 25.9 Å². The van der Waals surface area contributed by atoms with Crippen LogP contribution in [0.25, 0.3) is 0 Å². The fourth-order valence-electron chi connectivity index (χ4n) is 2.25. The third-order valence-corrected chi connectivity index (χ3v) is 3.72. The number of nitrogens with zero attached hydrogens (tertiary/aromatic N) is 2. The summed E-state index contributed by atoms with van der Waals surface area (Å²) < 4.78 is 0. The fraction of sp³-hybridized carbons (Fsp3) is 0.923. The van der Waals surface area contributed by atoms with E-state index in [-0.39, 0.29) is 0 Å². The second-order valence-corrected chi connectivity index (χ2v) is 5.68. The Balaban J connectivity index is 2.09. The van der Waals surface area contributed by atoms with Gasteiger partial charge in [-0.25, -0.2) is 0 Å². The van der Waals surface area contributed by atoms with Gasteiger partial charge < -0.3 is 20.6 Å². The number of likely N-dealkylation sites (tertiary alicyclic amines) is 1. The van der Waals surface area contributed by atoms with Gasteiger partial charge in [0.2, 0.25) is 0 Å². The van der Waals surface area contributed by atoms with E-state index in [1.54, 1.807) is 6.92 Å². The average molecular weight is 257 g/mol. The van der Waals surface area contributed by atoms with Gasteiger partial charge in [-0.15, -0.1) is 0 Å². The van der Waals surface area contributed by atoms with Gasteiger partial charge in [0.05, 0.1) is 0 Å². The topological polar surface area (TPSA) is 69.8 Å². The standard InChI is InChI=1S/C13H27N3O2/c1-13(14,12(17)18)6-5-7-15(2)10-11-16-8-3-4-9-16/h3-11,14H2,1-2H3,(H,17,18). The molecule has 5 heteroatoms. The van der Waals surface area contributed by atoms with E-state index < -0.39 is 11.5 Å². The van der Waals surface area contributed by atoms with Gasteiger partial charge in [0.25, 0.3) is 0 Å². The highest BCUT2D eigenvalue weighted by Crippen LogP contribution is 2.10. The van der Waals surface area contributed by atoms with Crippen molar-refractivity contribution < 1.29 is 9.90 Å². The second-order valence-electron chi connectivity index (χ2n) is 5.68. The van der Waals surface area contributed by atoms with Crippen molar-refractivity contribution in [2.75, 3.05) is 39.8 Å². The molecule has 0 aromatic rings. The number of rotatable bonds is 8. The van der Waals surface area contributed by atoms with Crippen molar-refractivity contribution in [1.82, 2.24) is 9.80 Å². The summed E-state index contributed by atoms with van der Waals surface area (Å²) in [6.45, 7) is 7.12. The van der Waals surface area contributed by atoms with Gasteiger partial charge >= 0.3 is 5.97 Å². The van der Waals surface area contributed by atoms with E-state index in [0.29, 0.717) is 6.42 Å². The van der Waals surface area contributed by atoms with E-state index in [1.807, 2.05) is 0 Å². The lowest BCUT2D eigenvalue weighted by atomic mass is 9.97. The smallest absolute Gasteiger partial charge is 0.323 e. The predicted molar refractivity (Wildman–Crippen MR) is 72.6 cm³/mol. The molecule has 1 fully saturated rings. The zero-order valence-electron chi connectivity index (χ0n) is 11.7. The van der Waals surface area contributed by atoms with E-state index >= 15 is 0 Å². The van der Waals surface area contributed by atoms with Gasteiger partial charge in [-0.2, -0.15) is 0 Å². The Kier molecular flexibility index (Phi) is 6.05. The minimum Gasteiger partial charge on any atom is -0.480 e. The van der Waals surface area contributed by atoms with Crippen LogP contribution in [0.4, 0.5) is 0 Å². The molecule has 18 heavy (non-hydrogen) atoms. The number of nitrogens with two attached hydrogens (primary N) is 1. The second kappa shape index (κ2) is 7.07. The number of carbonyl (C=O) groups is 1. The SMILES string of the molecule is CN(CCCC(C)(N)C(=O)O)CCN1CCCC1. The van der Waals surface area contributed by atoms with Gasteiger partial charge in [-0.05, 0) is 59.3 Å². The molecule has 0 aromatic carbocycles. The van der Waals surface area contributed by atoms with Crippen LogP contribution < -0.4 is 5.73 Å². The van der Waals surface area contributed by atoms with Gasteiger partial charge in [0.15, 0.2) is 0 Å². The molecule has 1 saturated heterocycles. The van der Waals surface area contributed by atoms with Crippen LogP contribution in [0.1, 0.15) is 32.6 Å². The molecule has 0 saturated carbocycles. The molecule has 0 spiro atoms. The van der Waals surface area contributed by atoms with Crippen LogP contribution in [-0.4, -0.2) is 66.2 Å². The molecule has 0 amide bonds. The summed E-state index contributed by atoms with van der Waals surface area (Å²) in [7, 11) is 2.09. The van der Waals surface area contributed by atoms with Gasteiger partial charge in [-0.1, -0.05) is 0 Å². The molecule has 1 aliphatic heterocycles. The first-order chi connectivity index (χ1) is 8.42. The third kappa shape index (κ3) is 5.33. The van der Waals surface area contributed by atoms with Crippen molar-refractivity contribution in [2.45, 2.75) is 38.1 Å². The monoisotopic (exact) mass is 257 g/mol. The Labute approximate surface area is 110 Å². The summed E-state index contributed by atoms with van der Waals surface area (Å²) in [4.78, 5) is 15.6. The lowest BCUT2D eigenvalue weighted by molar-refractivity contribution is -0.142. The Morgan fingerprint density at radius 3 is 2.56 bits per heavy atom. The Morgan fingerprint density at radius 2 is 2.00 bits per heavy atom. The zero-order valence-corrected chi connectivity index (χ0v) is 11.7. The van der Waals surface area contributed by atoms with Crippen LogP contribution in [0.5, 0.6) is 0 Å². The maximum absolute atomic E-state index is 10.9. The normalized spacial score (nSPS) is 20.2. The molecule has 1 atom stereocenters. The Morgan fingerprint density at radius 1 is 1.39 bits per heavy atom. The quantitative estimate of drug-likeness (QED) is 0.666. The molecule has 1 aliphatic rings. The molecule has 3 N–H and O–H groups in total. The lowest BCUT2D eigenvalue weighted by Gasteiger charge is -2.23. The van der Waals surface area contributed by atoms with Crippen molar-refractivity contribution >= 4 is 5.97 Å². The summed E-state index contributed by atoms with van der Waals surface area (Å²) >= 11 is 0. The summed E-state index contributed by atoms with van der Waals surface area (Å²) in [5.74, 6) is -0.915. The Bertz CT molecular complexity index is 263. The first kappa shape index (κ1) is 15.4. The number of carboxylic acids is 1. The van der Waals surface area contributed by atoms with E-state index in [9.17, 15) is 4.79 Å². The van der Waals surface area contributed by atoms with Crippen LogP contribution in [0, 0.1) is 0 Å². The largest absolute Gasteiger partial charge is 0.480 e. The molecule has 5 nitrogen and oxygen atoms in total. The fourth-order valence-corrected chi connectivity index (χ4v) is 2.25. The lowest BCUT2D eigenvalue weighted by Crippen LogP contribution is -2.45. The summed E-state index contributed by atoms with van der Waals surface area (Å²) in [6.07, 6.45) is 4.01. The first-order valence-corrected chi connectivity index (χ1v) is 6.85. The van der Waals surface area contributed by atoms with Crippen LogP contribution in [-0.2, 0) is 4.79 Å². The summed E-state index contributed by atoms with van der Waals surface area (Å²) in [5.41, 5.74) is 4.61. The van der Waals surface area contributed by atoms with Crippen LogP contribution in [0.3, 0.4) is 0 Å². The van der Waals surface area contributed by atoms with Gasteiger partial charge in [0.1, 0.15) is 5.54 Å². The van der Waals surface area contributed by atoms with Crippen LogP contribution in [0.2, 0.25) is 0 Å². The van der Waals surface area contributed by atoms with Crippen LogP contribution in [0.15, 0.2) is 0 Å². The highest BCUT2D eigenvalue weighted by Gasteiger charge is 2.27. The van der Waals surface area contributed by atoms with Gasteiger partial charge in [0, 0.05) is 13.1 Å². The number of hydrogen-bond donors (Lipinski definition) is 2. The molecule has 0 bridgehead atoms. The van der Waals surface area contributed by atoms with Crippen molar-refractivity contribution in [3.05, 3.63) is 0 Å². The van der Waals surface area contributed by atoms with E-state index in [2.05, 4.69) is 16.8 Å². The zero-order chi connectivity index (χ0) is 13.6. The predicted octanol–water partition coefficient (Wildman–Crippen LogP) is 0.596. The molecule has 106 valence electrons.